The summed E-state index contributed by atoms with van der Waals surface area (Å²) in [5, 5.41) is 14.6. The Bertz CT molecular complexity index is 778. The summed E-state index contributed by atoms with van der Waals surface area (Å²) in [6.45, 7) is 3.46. The van der Waals surface area contributed by atoms with Gasteiger partial charge in [-0.3, -0.25) is 4.79 Å². The summed E-state index contributed by atoms with van der Waals surface area (Å²) in [5.74, 6) is -0.728. The number of benzene rings is 2. The number of carbonyl (C=O) groups is 1. The Morgan fingerprint density at radius 1 is 1.17 bits per heavy atom. The highest BCUT2D eigenvalue weighted by atomic mass is 19.1. The van der Waals surface area contributed by atoms with Gasteiger partial charge in [0.25, 0.3) is 5.91 Å². The van der Waals surface area contributed by atoms with Gasteiger partial charge in [-0.2, -0.15) is 5.26 Å². The predicted octanol–water partition coefficient (Wildman–Crippen LogP) is 3.73. The molecule has 4 nitrogen and oxygen atoms in total. The molecule has 0 radical (unpaired) electrons. The Labute approximate surface area is 134 Å². The van der Waals surface area contributed by atoms with Gasteiger partial charge in [0, 0.05) is 7.05 Å². The predicted molar refractivity (Wildman–Crippen MR) is 88.2 cm³/mol. The van der Waals surface area contributed by atoms with Crippen LogP contribution in [0, 0.1) is 17.1 Å². The topological polar surface area (TPSA) is 64.9 Å². The highest BCUT2D eigenvalue weighted by molar-refractivity contribution is 6.00. The van der Waals surface area contributed by atoms with Crippen molar-refractivity contribution in [2.24, 2.45) is 0 Å². The van der Waals surface area contributed by atoms with Gasteiger partial charge < -0.3 is 10.6 Å². The van der Waals surface area contributed by atoms with Crippen molar-refractivity contribution in [2.45, 2.75) is 19.3 Å². The van der Waals surface area contributed by atoms with Gasteiger partial charge in [-0.1, -0.05) is 18.2 Å². The van der Waals surface area contributed by atoms with Gasteiger partial charge in [-0.25, -0.2) is 4.39 Å². The van der Waals surface area contributed by atoms with E-state index >= 15 is 0 Å². The minimum atomic E-state index is -0.765. The van der Waals surface area contributed by atoms with Crippen molar-refractivity contribution in [1.29, 1.82) is 5.26 Å². The number of nitrogens with zero attached hydrogens (tertiary/aromatic N) is 1. The monoisotopic (exact) mass is 311 g/mol. The maximum atomic E-state index is 14.3. The van der Waals surface area contributed by atoms with Crippen LogP contribution in [0.3, 0.4) is 0 Å². The second kappa shape index (κ2) is 6.49. The molecule has 2 aromatic rings. The molecule has 2 N–H and O–H groups in total. The summed E-state index contributed by atoms with van der Waals surface area (Å²) >= 11 is 0. The molecule has 0 heterocycles. The van der Waals surface area contributed by atoms with Crippen LogP contribution in [0.25, 0.3) is 0 Å². The number of hydrogen-bond donors (Lipinski definition) is 2. The number of carbonyl (C=O) groups excluding carboxylic acids is 1. The normalized spacial score (nSPS) is 10.7. The van der Waals surface area contributed by atoms with E-state index in [9.17, 15) is 9.18 Å². The number of rotatable bonds is 4. The molecule has 5 heteroatoms. The average Bonchev–Trinajstić information content (AvgIpc) is 2.56. The molecule has 1 amide bonds. The van der Waals surface area contributed by atoms with Crippen LogP contribution in [-0.4, -0.2) is 13.0 Å². The van der Waals surface area contributed by atoms with Crippen LogP contribution in [-0.2, 0) is 5.41 Å². The van der Waals surface area contributed by atoms with Gasteiger partial charge in [0.2, 0.25) is 0 Å². The van der Waals surface area contributed by atoms with Crippen molar-refractivity contribution in [3.63, 3.8) is 0 Å². The van der Waals surface area contributed by atoms with Gasteiger partial charge >= 0.3 is 0 Å². The number of hydrogen-bond acceptors (Lipinski definition) is 3. The van der Waals surface area contributed by atoms with Crippen LogP contribution in [0.4, 0.5) is 15.8 Å². The van der Waals surface area contributed by atoms with E-state index in [1.165, 1.54) is 6.07 Å². The fourth-order valence-electron chi connectivity index (χ4n) is 2.14. The second-order valence-electron chi connectivity index (χ2n) is 5.68. The first-order chi connectivity index (χ1) is 10.9. The van der Waals surface area contributed by atoms with Gasteiger partial charge in [0.05, 0.1) is 28.4 Å². The Morgan fingerprint density at radius 2 is 1.87 bits per heavy atom. The Balaban J connectivity index is 2.36. The number of nitriles is 1. The number of para-hydroxylation sites is 1. The lowest BCUT2D eigenvalue weighted by Crippen LogP contribution is -2.19. The van der Waals surface area contributed by atoms with Gasteiger partial charge in [-0.15, -0.1) is 0 Å². The molecule has 0 aliphatic rings. The summed E-state index contributed by atoms with van der Waals surface area (Å²) in [6.07, 6.45) is 0. The minimum Gasteiger partial charge on any atom is -0.355 e. The standard InChI is InChI=1S/C18H18FN3O/c1-18(2,11-20)12-8-9-16(14(19)10-12)22-15-7-5-4-6-13(15)17(23)21-3/h4-10,22H,1-3H3,(H,21,23). The molecule has 0 saturated heterocycles. The average molecular weight is 311 g/mol. The summed E-state index contributed by atoms with van der Waals surface area (Å²) < 4.78 is 14.3. The zero-order chi connectivity index (χ0) is 17.0. The van der Waals surface area contributed by atoms with Crippen molar-refractivity contribution in [3.8, 4) is 6.07 Å². The Kier molecular flexibility index (Phi) is 4.65. The molecule has 0 fully saturated rings. The summed E-state index contributed by atoms with van der Waals surface area (Å²) in [5.41, 5.74) is 1.02. The number of nitrogens with one attached hydrogen (secondary N) is 2. The number of amides is 1. The van der Waals surface area contributed by atoms with Crippen molar-refractivity contribution in [1.82, 2.24) is 5.32 Å². The first-order valence-electron chi connectivity index (χ1n) is 7.18. The van der Waals surface area contributed by atoms with E-state index in [2.05, 4.69) is 16.7 Å². The molecule has 0 unspecified atom stereocenters. The summed E-state index contributed by atoms with van der Waals surface area (Å²) in [4.78, 5) is 11.9. The van der Waals surface area contributed by atoms with Crippen LogP contribution >= 0.6 is 0 Å². The Hall–Kier alpha value is -2.87. The maximum Gasteiger partial charge on any atom is 0.253 e. The molecule has 0 aromatic heterocycles. The van der Waals surface area contributed by atoms with Crippen LogP contribution in [0.1, 0.15) is 29.8 Å². The lowest BCUT2D eigenvalue weighted by Gasteiger charge is -2.17. The first kappa shape index (κ1) is 16.5. The molecule has 2 rings (SSSR count). The zero-order valence-electron chi connectivity index (χ0n) is 13.3. The molecule has 2 aromatic carbocycles. The first-order valence-corrected chi connectivity index (χ1v) is 7.18. The number of anilines is 2. The van der Waals surface area contributed by atoms with E-state index in [1.54, 1.807) is 57.3 Å². The molecule has 0 spiro atoms. The molecule has 0 aliphatic carbocycles. The van der Waals surface area contributed by atoms with Crippen LogP contribution in [0.15, 0.2) is 42.5 Å². The third-order valence-electron chi connectivity index (χ3n) is 3.64. The van der Waals surface area contributed by atoms with Crippen molar-refractivity contribution >= 4 is 17.3 Å². The third-order valence-corrected chi connectivity index (χ3v) is 3.64. The van der Waals surface area contributed by atoms with Gasteiger partial charge in [-0.05, 0) is 43.7 Å². The van der Waals surface area contributed by atoms with Crippen LogP contribution < -0.4 is 10.6 Å². The smallest absolute Gasteiger partial charge is 0.253 e. The molecule has 0 atom stereocenters. The van der Waals surface area contributed by atoms with E-state index < -0.39 is 11.2 Å². The highest BCUT2D eigenvalue weighted by Crippen LogP contribution is 2.28. The largest absolute Gasteiger partial charge is 0.355 e. The van der Waals surface area contributed by atoms with E-state index in [1.807, 2.05) is 0 Å². The fourth-order valence-corrected chi connectivity index (χ4v) is 2.14. The van der Waals surface area contributed by atoms with Crippen molar-refractivity contribution in [2.75, 3.05) is 12.4 Å². The molecule has 0 saturated carbocycles. The molecular weight excluding hydrogens is 293 g/mol. The van der Waals surface area contributed by atoms with Crippen molar-refractivity contribution < 1.29 is 9.18 Å². The summed E-state index contributed by atoms with van der Waals surface area (Å²) in [7, 11) is 1.54. The molecule has 0 aliphatic heterocycles. The van der Waals surface area contributed by atoms with Crippen molar-refractivity contribution in [3.05, 3.63) is 59.4 Å². The highest BCUT2D eigenvalue weighted by Gasteiger charge is 2.21. The summed E-state index contributed by atoms with van der Waals surface area (Å²) in [6, 6.07) is 13.6. The zero-order valence-corrected chi connectivity index (χ0v) is 13.3. The Morgan fingerprint density at radius 3 is 2.48 bits per heavy atom. The lowest BCUT2D eigenvalue weighted by molar-refractivity contribution is 0.0964. The second-order valence-corrected chi connectivity index (χ2v) is 5.68. The van der Waals surface area contributed by atoms with Gasteiger partial charge in [0.15, 0.2) is 0 Å². The fraction of sp³-hybridized carbons (Fsp3) is 0.222. The molecular formula is C18H18FN3O. The molecule has 0 bridgehead atoms. The SMILES string of the molecule is CNC(=O)c1ccccc1Nc1ccc(C(C)(C)C#N)cc1F. The molecule has 118 valence electrons. The van der Waals surface area contributed by atoms with E-state index in [0.29, 0.717) is 16.8 Å². The van der Waals surface area contributed by atoms with Gasteiger partial charge in [0.1, 0.15) is 5.82 Å². The van der Waals surface area contributed by atoms with E-state index in [-0.39, 0.29) is 11.6 Å². The quantitative estimate of drug-likeness (QED) is 0.904. The van der Waals surface area contributed by atoms with Crippen LogP contribution in [0.2, 0.25) is 0 Å². The van der Waals surface area contributed by atoms with Crippen LogP contribution in [0.5, 0.6) is 0 Å². The minimum absolute atomic E-state index is 0.249. The third kappa shape index (κ3) is 3.49. The molecule has 23 heavy (non-hydrogen) atoms. The number of halogens is 1. The lowest BCUT2D eigenvalue weighted by atomic mass is 9.86. The van der Waals surface area contributed by atoms with E-state index in [4.69, 9.17) is 5.26 Å². The van der Waals surface area contributed by atoms with E-state index in [0.717, 1.165) is 0 Å². The maximum absolute atomic E-state index is 14.3.